The van der Waals surface area contributed by atoms with Gasteiger partial charge in [0, 0.05) is 36.9 Å². The maximum absolute atomic E-state index is 11.4. The second-order valence-electron chi connectivity index (χ2n) is 4.05. The van der Waals surface area contributed by atoms with E-state index in [2.05, 4.69) is 4.90 Å². The number of hydrogen-bond acceptors (Lipinski definition) is 3. The molecule has 1 fully saturated rings. The molecule has 0 unspecified atom stereocenters. The lowest BCUT2D eigenvalue weighted by Crippen LogP contribution is -2.50. The van der Waals surface area contributed by atoms with Crippen LogP contribution < -0.4 is 10.6 Å². The van der Waals surface area contributed by atoms with Crippen LogP contribution in [0.15, 0.2) is 24.3 Å². The topological polar surface area (TPSA) is 49.6 Å². The summed E-state index contributed by atoms with van der Waals surface area (Å²) in [5.74, 6) is 0.0238. The van der Waals surface area contributed by atoms with E-state index in [4.69, 9.17) is 17.3 Å². The van der Waals surface area contributed by atoms with Crippen molar-refractivity contribution >= 4 is 23.2 Å². The summed E-state index contributed by atoms with van der Waals surface area (Å²) in [5, 5.41) is 0.739. The van der Waals surface area contributed by atoms with Crippen LogP contribution in [-0.4, -0.2) is 43.5 Å². The molecule has 4 nitrogen and oxygen atoms in total. The molecule has 92 valence electrons. The number of amides is 1. The Balaban J connectivity index is 1.97. The molecule has 2 rings (SSSR count). The van der Waals surface area contributed by atoms with E-state index in [1.807, 2.05) is 24.3 Å². The molecule has 0 aromatic heterocycles. The summed E-state index contributed by atoms with van der Waals surface area (Å²) >= 11 is 5.96. The first-order valence-electron chi connectivity index (χ1n) is 5.69. The van der Waals surface area contributed by atoms with Crippen molar-refractivity contribution in [2.75, 3.05) is 37.6 Å². The van der Waals surface area contributed by atoms with Gasteiger partial charge in [0.2, 0.25) is 5.91 Å². The first-order chi connectivity index (χ1) is 8.20. The van der Waals surface area contributed by atoms with Crippen LogP contribution in [-0.2, 0) is 4.79 Å². The van der Waals surface area contributed by atoms with Gasteiger partial charge in [-0.2, -0.15) is 0 Å². The molecular weight excluding hydrogens is 238 g/mol. The summed E-state index contributed by atoms with van der Waals surface area (Å²) in [6, 6.07) is 7.78. The zero-order chi connectivity index (χ0) is 12.3. The Labute approximate surface area is 106 Å². The van der Waals surface area contributed by atoms with E-state index in [9.17, 15) is 4.79 Å². The van der Waals surface area contributed by atoms with Crippen LogP contribution in [0.4, 0.5) is 5.69 Å². The fourth-order valence-electron chi connectivity index (χ4n) is 2.02. The highest BCUT2D eigenvalue weighted by Crippen LogP contribution is 2.20. The van der Waals surface area contributed by atoms with E-state index in [1.54, 1.807) is 4.90 Å². The number of piperazine rings is 1. The van der Waals surface area contributed by atoms with Crippen molar-refractivity contribution in [3.05, 3.63) is 29.3 Å². The molecule has 5 heteroatoms. The molecular formula is C12H16ClN3O. The minimum Gasteiger partial charge on any atom is -0.368 e. The van der Waals surface area contributed by atoms with Gasteiger partial charge in [0.25, 0.3) is 0 Å². The van der Waals surface area contributed by atoms with Crippen molar-refractivity contribution in [2.24, 2.45) is 5.73 Å². The average Bonchev–Trinajstić information content (AvgIpc) is 2.38. The Kier molecular flexibility index (Phi) is 3.86. The molecule has 1 aliphatic rings. The zero-order valence-corrected chi connectivity index (χ0v) is 10.4. The third-order valence-corrected chi connectivity index (χ3v) is 3.22. The number of carbonyl (C=O) groups excluding carboxylic acids is 1. The van der Waals surface area contributed by atoms with Gasteiger partial charge >= 0.3 is 0 Å². The molecule has 1 aromatic carbocycles. The Morgan fingerprint density at radius 1 is 1.29 bits per heavy atom. The highest BCUT2D eigenvalue weighted by Gasteiger charge is 2.20. The van der Waals surface area contributed by atoms with E-state index in [0.29, 0.717) is 0 Å². The zero-order valence-electron chi connectivity index (χ0n) is 9.60. The summed E-state index contributed by atoms with van der Waals surface area (Å²) < 4.78 is 0. The maximum atomic E-state index is 11.4. The summed E-state index contributed by atoms with van der Waals surface area (Å²) in [6.07, 6.45) is 0. The summed E-state index contributed by atoms with van der Waals surface area (Å²) in [7, 11) is 0. The largest absolute Gasteiger partial charge is 0.368 e. The lowest BCUT2D eigenvalue weighted by atomic mass is 10.2. The summed E-state index contributed by atoms with van der Waals surface area (Å²) in [5.41, 5.74) is 6.45. The fourth-order valence-corrected chi connectivity index (χ4v) is 2.20. The maximum Gasteiger partial charge on any atom is 0.236 e. The van der Waals surface area contributed by atoms with Crippen LogP contribution in [0.25, 0.3) is 0 Å². The molecule has 17 heavy (non-hydrogen) atoms. The molecule has 1 heterocycles. The normalized spacial score (nSPS) is 16.1. The van der Waals surface area contributed by atoms with Crippen LogP contribution in [0, 0.1) is 0 Å². The number of anilines is 1. The number of nitrogens with zero attached hydrogens (tertiary/aromatic N) is 2. The smallest absolute Gasteiger partial charge is 0.236 e. The van der Waals surface area contributed by atoms with E-state index in [1.165, 1.54) is 0 Å². The molecule has 1 amide bonds. The fraction of sp³-hybridized carbons (Fsp3) is 0.417. The minimum absolute atomic E-state index is 0.0238. The first-order valence-corrected chi connectivity index (χ1v) is 6.07. The van der Waals surface area contributed by atoms with Crippen LogP contribution in [0.5, 0.6) is 0 Å². The van der Waals surface area contributed by atoms with E-state index >= 15 is 0 Å². The molecule has 1 aromatic rings. The van der Waals surface area contributed by atoms with Crippen LogP contribution in [0.1, 0.15) is 0 Å². The molecule has 0 saturated carbocycles. The average molecular weight is 254 g/mol. The van der Waals surface area contributed by atoms with Gasteiger partial charge in [-0.05, 0) is 18.2 Å². The first kappa shape index (κ1) is 12.2. The molecule has 0 atom stereocenters. The Bertz CT molecular complexity index is 402. The second-order valence-corrected chi connectivity index (χ2v) is 4.49. The van der Waals surface area contributed by atoms with Gasteiger partial charge in [-0.1, -0.05) is 17.7 Å². The van der Waals surface area contributed by atoms with Crippen molar-refractivity contribution in [3.63, 3.8) is 0 Å². The molecule has 0 bridgehead atoms. The second kappa shape index (κ2) is 5.38. The summed E-state index contributed by atoms with van der Waals surface area (Å²) in [4.78, 5) is 15.5. The van der Waals surface area contributed by atoms with E-state index in [0.717, 1.165) is 36.9 Å². The van der Waals surface area contributed by atoms with Crippen LogP contribution in [0.2, 0.25) is 5.02 Å². The van der Waals surface area contributed by atoms with Gasteiger partial charge in [0.1, 0.15) is 0 Å². The van der Waals surface area contributed by atoms with Crippen LogP contribution >= 0.6 is 11.6 Å². The lowest BCUT2D eigenvalue weighted by molar-refractivity contribution is -0.129. The van der Waals surface area contributed by atoms with Gasteiger partial charge in [0.05, 0.1) is 6.54 Å². The number of nitrogens with two attached hydrogens (primary N) is 1. The van der Waals surface area contributed by atoms with Crippen molar-refractivity contribution in [1.82, 2.24) is 4.90 Å². The van der Waals surface area contributed by atoms with Crippen molar-refractivity contribution in [1.29, 1.82) is 0 Å². The highest BCUT2D eigenvalue weighted by atomic mass is 35.5. The molecule has 0 aliphatic carbocycles. The Morgan fingerprint density at radius 3 is 2.59 bits per heavy atom. The predicted octanol–water partition coefficient (Wildman–Crippen LogP) is 0.947. The monoisotopic (exact) mass is 253 g/mol. The Hall–Kier alpha value is -1.26. The van der Waals surface area contributed by atoms with Gasteiger partial charge in [-0.25, -0.2) is 0 Å². The third-order valence-electron chi connectivity index (χ3n) is 2.98. The van der Waals surface area contributed by atoms with Crippen molar-refractivity contribution < 1.29 is 4.79 Å². The number of carbonyl (C=O) groups is 1. The lowest BCUT2D eigenvalue weighted by Gasteiger charge is -2.36. The highest BCUT2D eigenvalue weighted by molar-refractivity contribution is 6.30. The predicted molar refractivity (Wildman–Crippen MR) is 69.3 cm³/mol. The standard InChI is InChI=1S/C12H16ClN3O/c13-10-2-1-3-11(8-10)15-4-6-16(7-5-15)12(17)9-14/h1-3,8H,4-7,9,14H2. The van der Waals surface area contributed by atoms with Gasteiger partial charge in [0.15, 0.2) is 0 Å². The molecule has 0 radical (unpaired) electrons. The molecule has 0 spiro atoms. The molecule has 1 aliphatic heterocycles. The Morgan fingerprint density at radius 2 is 2.00 bits per heavy atom. The number of halogens is 1. The van der Waals surface area contributed by atoms with Crippen molar-refractivity contribution in [2.45, 2.75) is 0 Å². The molecule has 1 saturated heterocycles. The minimum atomic E-state index is 0.0238. The van der Waals surface area contributed by atoms with Crippen LogP contribution in [0.3, 0.4) is 0 Å². The van der Waals surface area contributed by atoms with Gasteiger partial charge in [-0.15, -0.1) is 0 Å². The van der Waals surface area contributed by atoms with Gasteiger partial charge in [-0.3, -0.25) is 4.79 Å². The van der Waals surface area contributed by atoms with E-state index in [-0.39, 0.29) is 12.5 Å². The summed E-state index contributed by atoms with van der Waals surface area (Å²) in [6.45, 7) is 3.19. The van der Waals surface area contributed by atoms with E-state index < -0.39 is 0 Å². The number of hydrogen-bond donors (Lipinski definition) is 1. The number of benzene rings is 1. The third kappa shape index (κ3) is 2.90. The van der Waals surface area contributed by atoms with Gasteiger partial charge < -0.3 is 15.5 Å². The molecule has 2 N–H and O–H groups in total. The quantitative estimate of drug-likeness (QED) is 0.854. The number of rotatable bonds is 2. The SMILES string of the molecule is NCC(=O)N1CCN(c2cccc(Cl)c2)CC1. The van der Waals surface area contributed by atoms with Crippen molar-refractivity contribution in [3.8, 4) is 0 Å².